The third-order valence-electron chi connectivity index (χ3n) is 5.35. The number of sulfonamides is 1. The molecule has 0 unspecified atom stereocenters. The standard InChI is InChI=1S/C24H28N2O4S/c1-5-26(6-2)31(28,29)22-13-17(3)18(4)23(15-22)25-24(27)16-30-21-12-11-19-9-7-8-10-20(19)14-21/h7-15H,5-6,16H2,1-4H3,(H,25,27). The molecule has 0 aliphatic rings. The highest BCUT2D eigenvalue weighted by Crippen LogP contribution is 2.26. The normalized spacial score (nSPS) is 11.6. The Morgan fingerprint density at radius 2 is 1.65 bits per heavy atom. The number of amides is 1. The second-order valence-corrected chi connectivity index (χ2v) is 9.29. The Hall–Kier alpha value is -2.90. The maximum absolute atomic E-state index is 12.9. The lowest BCUT2D eigenvalue weighted by Crippen LogP contribution is -2.31. The third kappa shape index (κ3) is 5.06. The highest BCUT2D eigenvalue weighted by molar-refractivity contribution is 7.89. The zero-order valence-corrected chi connectivity index (χ0v) is 19.1. The summed E-state index contributed by atoms with van der Waals surface area (Å²) < 4.78 is 32.8. The number of carbonyl (C=O) groups excluding carboxylic acids is 1. The van der Waals surface area contributed by atoms with Crippen LogP contribution in [0.1, 0.15) is 25.0 Å². The van der Waals surface area contributed by atoms with Gasteiger partial charge in [0.15, 0.2) is 6.61 Å². The average Bonchev–Trinajstić information content (AvgIpc) is 2.75. The van der Waals surface area contributed by atoms with Crippen LogP contribution in [0.15, 0.2) is 59.5 Å². The fourth-order valence-corrected chi connectivity index (χ4v) is 4.98. The summed E-state index contributed by atoms with van der Waals surface area (Å²) in [5, 5.41) is 4.92. The summed E-state index contributed by atoms with van der Waals surface area (Å²) in [4.78, 5) is 12.7. The van der Waals surface area contributed by atoms with E-state index >= 15 is 0 Å². The van der Waals surface area contributed by atoms with Crippen LogP contribution < -0.4 is 10.1 Å². The van der Waals surface area contributed by atoms with Crippen molar-refractivity contribution in [3.05, 3.63) is 65.7 Å². The smallest absolute Gasteiger partial charge is 0.262 e. The second kappa shape index (κ2) is 9.49. The number of rotatable bonds is 8. The molecule has 0 aliphatic carbocycles. The summed E-state index contributed by atoms with van der Waals surface area (Å²) in [7, 11) is -3.62. The monoisotopic (exact) mass is 440 g/mol. The van der Waals surface area contributed by atoms with E-state index in [0.29, 0.717) is 24.5 Å². The summed E-state index contributed by atoms with van der Waals surface area (Å²) in [5.74, 6) is 0.243. The Morgan fingerprint density at radius 1 is 0.968 bits per heavy atom. The van der Waals surface area contributed by atoms with Gasteiger partial charge in [-0.05, 0) is 60.0 Å². The summed E-state index contributed by atoms with van der Waals surface area (Å²) in [6.07, 6.45) is 0. The molecule has 31 heavy (non-hydrogen) atoms. The Kier molecular flexibility index (Phi) is 6.97. The molecular formula is C24H28N2O4S. The average molecular weight is 441 g/mol. The van der Waals surface area contributed by atoms with E-state index in [9.17, 15) is 13.2 Å². The zero-order chi connectivity index (χ0) is 22.6. The van der Waals surface area contributed by atoms with E-state index in [1.165, 1.54) is 10.4 Å². The molecule has 7 heteroatoms. The van der Waals surface area contributed by atoms with Crippen LogP contribution in [0, 0.1) is 13.8 Å². The number of fused-ring (bicyclic) bond motifs is 1. The highest BCUT2D eigenvalue weighted by Gasteiger charge is 2.23. The van der Waals surface area contributed by atoms with Gasteiger partial charge in [0, 0.05) is 18.8 Å². The number of anilines is 1. The third-order valence-corrected chi connectivity index (χ3v) is 7.38. The molecule has 0 radical (unpaired) electrons. The number of hydrogen-bond donors (Lipinski definition) is 1. The largest absolute Gasteiger partial charge is 0.484 e. The fraction of sp³-hybridized carbons (Fsp3) is 0.292. The van der Waals surface area contributed by atoms with E-state index in [1.54, 1.807) is 19.9 Å². The predicted molar refractivity (Wildman–Crippen MR) is 124 cm³/mol. The second-order valence-electron chi connectivity index (χ2n) is 7.35. The van der Waals surface area contributed by atoms with Crippen LogP contribution in [0.2, 0.25) is 0 Å². The molecular weight excluding hydrogens is 412 g/mol. The minimum absolute atomic E-state index is 0.171. The van der Waals surface area contributed by atoms with Gasteiger partial charge in [0.1, 0.15) is 5.75 Å². The van der Waals surface area contributed by atoms with Gasteiger partial charge in [0.25, 0.3) is 5.91 Å². The van der Waals surface area contributed by atoms with Crippen LogP contribution in [0.3, 0.4) is 0 Å². The summed E-state index contributed by atoms with van der Waals surface area (Å²) >= 11 is 0. The molecule has 0 fully saturated rings. The van der Waals surface area contributed by atoms with Gasteiger partial charge in [0.2, 0.25) is 10.0 Å². The molecule has 6 nitrogen and oxygen atoms in total. The van der Waals surface area contributed by atoms with Crippen molar-refractivity contribution in [1.82, 2.24) is 4.31 Å². The van der Waals surface area contributed by atoms with E-state index in [1.807, 2.05) is 56.3 Å². The first-order valence-corrected chi connectivity index (χ1v) is 11.7. The van der Waals surface area contributed by atoms with E-state index in [2.05, 4.69) is 5.32 Å². The van der Waals surface area contributed by atoms with Gasteiger partial charge < -0.3 is 10.1 Å². The summed E-state index contributed by atoms with van der Waals surface area (Å²) in [6.45, 7) is 7.87. The lowest BCUT2D eigenvalue weighted by molar-refractivity contribution is -0.118. The van der Waals surface area contributed by atoms with Gasteiger partial charge in [-0.1, -0.05) is 44.2 Å². The molecule has 0 bridgehead atoms. The maximum Gasteiger partial charge on any atom is 0.262 e. The molecule has 0 saturated carbocycles. The number of benzene rings is 3. The minimum atomic E-state index is -3.62. The molecule has 1 N–H and O–H groups in total. The van der Waals surface area contributed by atoms with Crippen LogP contribution >= 0.6 is 0 Å². The Balaban J connectivity index is 1.76. The molecule has 0 atom stereocenters. The lowest BCUT2D eigenvalue weighted by Gasteiger charge is -2.20. The number of carbonyl (C=O) groups is 1. The van der Waals surface area contributed by atoms with Crippen molar-refractivity contribution < 1.29 is 17.9 Å². The van der Waals surface area contributed by atoms with Crippen molar-refractivity contribution in [1.29, 1.82) is 0 Å². The summed E-state index contributed by atoms with van der Waals surface area (Å²) in [5.41, 5.74) is 2.08. The first-order valence-electron chi connectivity index (χ1n) is 10.3. The van der Waals surface area contributed by atoms with Crippen LogP contribution in [0.5, 0.6) is 5.75 Å². The maximum atomic E-state index is 12.9. The Morgan fingerprint density at radius 3 is 2.32 bits per heavy atom. The number of aryl methyl sites for hydroxylation is 1. The van der Waals surface area contributed by atoms with Gasteiger partial charge >= 0.3 is 0 Å². The van der Waals surface area contributed by atoms with E-state index < -0.39 is 10.0 Å². The first-order chi connectivity index (χ1) is 14.8. The van der Waals surface area contributed by atoms with Gasteiger partial charge in [-0.3, -0.25) is 4.79 Å². The zero-order valence-electron chi connectivity index (χ0n) is 18.3. The van der Waals surface area contributed by atoms with Crippen LogP contribution in [0.25, 0.3) is 10.8 Å². The lowest BCUT2D eigenvalue weighted by atomic mass is 10.1. The van der Waals surface area contributed by atoms with Gasteiger partial charge in [-0.15, -0.1) is 0 Å². The quantitative estimate of drug-likeness (QED) is 0.559. The topological polar surface area (TPSA) is 75.7 Å². The Labute approximate surface area is 183 Å². The van der Waals surface area contributed by atoms with Crippen molar-refractivity contribution in [3.63, 3.8) is 0 Å². The molecule has 0 aliphatic heterocycles. The molecule has 3 aromatic carbocycles. The molecule has 0 heterocycles. The van der Waals surface area contributed by atoms with Crippen molar-refractivity contribution in [2.24, 2.45) is 0 Å². The van der Waals surface area contributed by atoms with Crippen molar-refractivity contribution in [3.8, 4) is 5.75 Å². The van der Waals surface area contributed by atoms with E-state index in [-0.39, 0.29) is 17.4 Å². The molecule has 0 spiro atoms. The molecule has 1 amide bonds. The SMILES string of the molecule is CCN(CC)S(=O)(=O)c1cc(C)c(C)c(NC(=O)COc2ccc3ccccc3c2)c1. The molecule has 0 aromatic heterocycles. The number of nitrogens with one attached hydrogen (secondary N) is 1. The van der Waals surface area contributed by atoms with Crippen LogP contribution in [-0.2, 0) is 14.8 Å². The Bertz CT molecular complexity index is 1200. The van der Waals surface area contributed by atoms with Crippen molar-refractivity contribution in [2.45, 2.75) is 32.6 Å². The number of nitrogens with zero attached hydrogens (tertiary/aromatic N) is 1. The van der Waals surface area contributed by atoms with Crippen molar-refractivity contribution in [2.75, 3.05) is 25.0 Å². The fourth-order valence-electron chi connectivity index (χ4n) is 3.41. The van der Waals surface area contributed by atoms with Gasteiger partial charge in [0.05, 0.1) is 4.90 Å². The van der Waals surface area contributed by atoms with E-state index in [4.69, 9.17) is 4.74 Å². The van der Waals surface area contributed by atoms with Crippen LogP contribution in [0.4, 0.5) is 5.69 Å². The van der Waals surface area contributed by atoms with E-state index in [0.717, 1.165) is 21.9 Å². The first kappa shape index (κ1) is 22.8. The molecule has 0 saturated heterocycles. The highest BCUT2D eigenvalue weighted by atomic mass is 32.2. The minimum Gasteiger partial charge on any atom is -0.484 e. The molecule has 3 rings (SSSR count). The predicted octanol–water partition coefficient (Wildman–Crippen LogP) is 4.50. The summed E-state index contributed by atoms with van der Waals surface area (Å²) in [6, 6.07) is 16.7. The molecule has 164 valence electrons. The number of ether oxygens (including phenoxy) is 1. The number of hydrogen-bond acceptors (Lipinski definition) is 4. The molecule has 3 aromatic rings. The van der Waals surface area contributed by atoms with Crippen molar-refractivity contribution >= 4 is 32.4 Å². The van der Waals surface area contributed by atoms with Gasteiger partial charge in [-0.2, -0.15) is 4.31 Å². The van der Waals surface area contributed by atoms with Crippen LogP contribution in [-0.4, -0.2) is 38.3 Å². The van der Waals surface area contributed by atoms with Gasteiger partial charge in [-0.25, -0.2) is 8.42 Å².